The first-order valence-electron chi connectivity index (χ1n) is 11.9. The molecule has 4 heterocycles. The third-order valence-corrected chi connectivity index (χ3v) is 6.88. The zero-order valence-corrected chi connectivity index (χ0v) is 19.4. The lowest BCUT2D eigenvalue weighted by Gasteiger charge is -2.25. The van der Waals surface area contributed by atoms with Crippen molar-refractivity contribution in [3.63, 3.8) is 0 Å². The summed E-state index contributed by atoms with van der Waals surface area (Å²) < 4.78 is 13.5. The minimum absolute atomic E-state index is 0.0486. The van der Waals surface area contributed by atoms with Crippen LogP contribution in [0.2, 0.25) is 0 Å². The molecule has 2 aliphatic rings. The number of aromatic amines is 1. The van der Waals surface area contributed by atoms with Crippen LogP contribution in [0.25, 0.3) is 10.9 Å². The first-order valence-corrected chi connectivity index (χ1v) is 11.9. The summed E-state index contributed by atoms with van der Waals surface area (Å²) in [4.78, 5) is 18.3. The summed E-state index contributed by atoms with van der Waals surface area (Å²) in [6, 6.07) is 6.19. The second kappa shape index (κ2) is 9.70. The molecule has 0 aliphatic carbocycles. The predicted octanol–water partition coefficient (Wildman–Crippen LogP) is 2.49. The highest BCUT2D eigenvalue weighted by Crippen LogP contribution is 2.21. The fraction of sp³-hybridized carbons (Fsp3) is 0.583. The molecule has 0 amide bonds. The summed E-state index contributed by atoms with van der Waals surface area (Å²) in [5, 5.41) is 13.4. The Morgan fingerprint density at radius 1 is 1.12 bits per heavy atom. The second-order valence-electron chi connectivity index (χ2n) is 9.31. The van der Waals surface area contributed by atoms with Gasteiger partial charge in [0.05, 0.1) is 30.8 Å². The molecule has 3 aromatic rings. The van der Waals surface area contributed by atoms with Gasteiger partial charge in [0.2, 0.25) is 0 Å². The molecule has 0 spiro atoms. The first-order chi connectivity index (χ1) is 16.1. The maximum absolute atomic E-state index is 13.0. The third kappa shape index (κ3) is 5.00. The predicted molar refractivity (Wildman–Crippen MR) is 124 cm³/mol. The van der Waals surface area contributed by atoms with E-state index in [4.69, 9.17) is 9.47 Å². The Morgan fingerprint density at radius 2 is 1.91 bits per heavy atom. The molecule has 0 saturated carbocycles. The van der Waals surface area contributed by atoms with Gasteiger partial charge in [-0.2, -0.15) is 0 Å². The van der Waals surface area contributed by atoms with Crippen LogP contribution in [0.15, 0.2) is 23.0 Å². The molecule has 2 atom stereocenters. The minimum atomic E-state index is -0.0486. The van der Waals surface area contributed by atoms with E-state index in [1.54, 1.807) is 0 Å². The lowest BCUT2D eigenvalue weighted by molar-refractivity contribution is 0.0647. The molecule has 0 bridgehead atoms. The molecular formula is C24H32N6O3. The topological polar surface area (TPSA) is 98.2 Å². The van der Waals surface area contributed by atoms with Crippen molar-refractivity contribution in [1.82, 2.24) is 30.1 Å². The van der Waals surface area contributed by atoms with Gasteiger partial charge in [-0.3, -0.25) is 9.69 Å². The van der Waals surface area contributed by atoms with Crippen molar-refractivity contribution in [2.24, 2.45) is 0 Å². The van der Waals surface area contributed by atoms with Crippen LogP contribution in [0.1, 0.15) is 48.2 Å². The quantitative estimate of drug-likeness (QED) is 0.561. The van der Waals surface area contributed by atoms with Crippen molar-refractivity contribution in [2.45, 2.75) is 71.4 Å². The number of aromatic nitrogens is 5. The Balaban J connectivity index is 1.39. The van der Waals surface area contributed by atoms with Gasteiger partial charge >= 0.3 is 0 Å². The van der Waals surface area contributed by atoms with Crippen LogP contribution < -0.4 is 5.56 Å². The number of aryl methyl sites for hydroxylation is 2. The van der Waals surface area contributed by atoms with Gasteiger partial charge in [-0.1, -0.05) is 12.1 Å². The first kappa shape index (κ1) is 22.2. The normalized spacial score (nSPS) is 20.9. The van der Waals surface area contributed by atoms with Crippen LogP contribution in [-0.2, 0) is 29.1 Å². The van der Waals surface area contributed by atoms with Crippen LogP contribution in [0.4, 0.5) is 0 Å². The molecule has 2 unspecified atom stereocenters. The molecule has 9 nitrogen and oxygen atoms in total. The molecule has 1 aromatic carbocycles. The Morgan fingerprint density at radius 3 is 2.67 bits per heavy atom. The van der Waals surface area contributed by atoms with Crippen LogP contribution in [-0.4, -0.2) is 62.1 Å². The highest BCUT2D eigenvalue weighted by atomic mass is 16.5. The minimum Gasteiger partial charge on any atom is -0.377 e. The van der Waals surface area contributed by atoms with Gasteiger partial charge in [-0.25, -0.2) is 4.68 Å². The van der Waals surface area contributed by atoms with Gasteiger partial charge in [0.15, 0.2) is 5.82 Å². The molecular weight excluding hydrogens is 420 g/mol. The number of benzene rings is 1. The van der Waals surface area contributed by atoms with Gasteiger partial charge < -0.3 is 14.5 Å². The van der Waals surface area contributed by atoms with Gasteiger partial charge in [0, 0.05) is 31.9 Å². The standard InChI is InChI=1S/C24H32N6O3/c1-16-7-8-18-11-19(24(31)25-23(18)17(16)2)12-29(13-20-5-3-9-32-20)15-22-26-27-28-30(22)14-21-6-4-10-33-21/h7-8,11,20-21H,3-6,9-10,12-15H2,1-2H3,(H,25,31). The van der Waals surface area contributed by atoms with Gasteiger partial charge in [0.25, 0.3) is 5.56 Å². The van der Waals surface area contributed by atoms with Crippen molar-refractivity contribution in [3.05, 3.63) is 51.1 Å². The molecule has 33 heavy (non-hydrogen) atoms. The van der Waals surface area contributed by atoms with Crippen molar-refractivity contribution in [2.75, 3.05) is 19.8 Å². The number of nitrogens with one attached hydrogen (secondary N) is 1. The molecule has 2 aliphatic heterocycles. The summed E-state index contributed by atoms with van der Waals surface area (Å²) in [6.07, 6.45) is 4.54. The van der Waals surface area contributed by atoms with E-state index in [1.165, 1.54) is 5.56 Å². The van der Waals surface area contributed by atoms with Crippen molar-refractivity contribution >= 4 is 10.9 Å². The van der Waals surface area contributed by atoms with Crippen molar-refractivity contribution in [1.29, 1.82) is 0 Å². The largest absolute Gasteiger partial charge is 0.377 e. The fourth-order valence-corrected chi connectivity index (χ4v) is 4.85. The molecule has 0 radical (unpaired) electrons. The summed E-state index contributed by atoms with van der Waals surface area (Å²) >= 11 is 0. The van der Waals surface area contributed by atoms with Crippen LogP contribution in [0.5, 0.6) is 0 Å². The maximum atomic E-state index is 13.0. The average Bonchev–Trinajstić information content (AvgIpc) is 3.57. The number of pyridine rings is 1. The SMILES string of the molecule is Cc1ccc2cc(CN(Cc3nnnn3CC3CCCO3)CC3CCCO3)c(=O)[nH]c2c1C. The monoisotopic (exact) mass is 452 g/mol. The Labute approximate surface area is 193 Å². The maximum Gasteiger partial charge on any atom is 0.252 e. The summed E-state index contributed by atoms with van der Waals surface area (Å²) in [5.41, 5.74) is 3.88. The Bertz CT molecular complexity index is 1160. The van der Waals surface area contributed by atoms with E-state index in [-0.39, 0.29) is 17.8 Å². The van der Waals surface area contributed by atoms with E-state index >= 15 is 0 Å². The summed E-state index contributed by atoms with van der Waals surface area (Å²) in [5.74, 6) is 0.784. The molecule has 1 N–H and O–H groups in total. The summed E-state index contributed by atoms with van der Waals surface area (Å²) in [7, 11) is 0. The van der Waals surface area contributed by atoms with E-state index in [0.29, 0.717) is 19.6 Å². The second-order valence-corrected chi connectivity index (χ2v) is 9.31. The van der Waals surface area contributed by atoms with Crippen molar-refractivity contribution < 1.29 is 9.47 Å². The fourth-order valence-electron chi connectivity index (χ4n) is 4.85. The number of rotatable bonds is 8. The molecule has 2 aromatic heterocycles. The van der Waals surface area contributed by atoms with E-state index in [1.807, 2.05) is 17.7 Å². The number of H-pyrrole nitrogens is 1. The van der Waals surface area contributed by atoms with E-state index in [2.05, 4.69) is 44.5 Å². The van der Waals surface area contributed by atoms with Gasteiger partial charge in [0.1, 0.15) is 0 Å². The van der Waals surface area contributed by atoms with Gasteiger partial charge in [-0.05, 0) is 72.5 Å². The van der Waals surface area contributed by atoms with E-state index in [9.17, 15) is 4.79 Å². The van der Waals surface area contributed by atoms with E-state index in [0.717, 1.165) is 73.3 Å². The number of hydrogen-bond donors (Lipinski definition) is 1. The summed E-state index contributed by atoms with van der Waals surface area (Å²) in [6.45, 7) is 8.15. The van der Waals surface area contributed by atoms with Gasteiger partial charge in [-0.15, -0.1) is 5.10 Å². The zero-order valence-electron chi connectivity index (χ0n) is 19.4. The Kier molecular flexibility index (Phi) is 6.52. The number of tetrazole rings is 1. The molecule has 2 fully saturated rings. The third-order valence-electron chi connectivity index (χ3n) is 6.88. The highest BCUT2D eigenvalue weighted by Gasteiger charge is 2.24. The lowest BCUT2D eigenvalue weighted by atomic mass is 10.0. The number of fused-ring (bicyclic) bond motifs is 1. The number of hydrogen-bond acceptors (Lipinski definition) is 7. The van der Waals surface area contributed by atoms with Crippen LogP contribution >= 0.6 is 0 Å². The number of ether oxygens (including phenoxy) is 2. The van der Waals surface area contributed by atoms with E-state index < -0.39 is 0 Å². The van der Waals surface area contributed by atoms with Crippen LogP contribution in [0, 0.1) is 13.8 Å². The molecule has 176 valence electrons. The Hall–Kier alpha value is -2.62. The lowest BCUT2D eigenvalue weighted by Crippen LogP contribution is -2.34. The average molecular weight is 453 g/mol. The van der Waals surface area contributed by atoms with Crippen LogP contribution in [0.3, 0.4) is 0 Å². The highest BCUT2D eigenvalue weighted by molar-refractivity contribution is 5.83. The number of nitrogens with zero attached hydrogens (tertiary/aromatic N) is 5. The smallest absolute Gasteiger partial charge is 0.252 e. The molecule has 2 saturated heterocycles. The molecule has 5 rings (SSSR count). The molecule has 9 heteroatoms. The zero-order chi connectivity index (χ0) is 22.8. The van der Waals surface area contributed by atoms with Crippen molar-refractivity contribution in [3.8, 4) is 0 Å².